The van der Waals surface area contributed by atoms with Crippen LogP contribution in [0.4, 0.5) is 17.3 Å². The van der Waals surface area contributed by atoms with Crippen molar-refractivity contribution >= 4 is 52.9 Å². The molecule has 0 bridgehead atoms. The number of aromatic nitrogens is 5. The number of carbonyl (C=O) groups excluding carboxylic acids is 3. The highest BCUT2D eigenvalue weighted by atomic mass is 35.5. The summed E-state index contributed by atoms with van der Waals surface area (Å²) in [5.41, 5.74) is 2.51. The highest BCUT2D eigenvalue weighted by Gasteiger charge is 2.36. The maximum atomic E-state index is 13.0. The summed E-state index contributed by atoms with van der Waals surface area (Å²) in [7, 11) is 1.37. The Bertz CT molecular complexity index is 1730. The third kappa shape index (κ3) is 7.07. The molecule has 16 heteroatoms. The van der Waals surface area contributed by atoms with E-state index in [1.807, 2.05) is 36.4 Å². The molecule has 254 valence electrons. The molecule has 1 aromatic carbocycles. The van der Waals surface area contributed by atoms with E-state index in [4.69, 9.17) is 26.2 Å². The van der Waals surface area contributed by atoms with Crippen LogP contribution < -0.4 is 9.96 Å². The first-order chi connectivity index (χ1) is 23.3. The van der Waals surface area contributed by atoms with Crippen molar-refractivity contribution in [3.05, 3.63) is 65.6 Å². The molecule has 0 radical (unpaired) electrons. The third-order valence-electron chi connectivity index (χ3n) is 9.22. The molecule has 4 aromatic rings. The van der Waals surface area contributed by atoms with E-state index in [9.17, 15) is 19.5 Å². The van der Waals surface area contributed by atoms with Gasteiger partial charge in [0.2, 0.25) is 5.91 Å². The number of hydrogen-bond acceptors (Lipinski definition) is 12. The van der Waals surface area contributed by atoms with Gasteiger partial charge in [-0.05, 0) is 42.7 Å². The number of hydrogen-bond donors (Lipinski definition) is 1. The number of rotatable bonds is 12. The molecule has 15 nitrogen and oxygen atoms in total. The lowest BCUT2D eigenvalue weighted by molar-refractivity contribution is -0.141. The molecule has 48 heavy (non-hydrogen) atoms. The summed E-state index contributed by atoms with van der Waals surface area (Å²) in [6.45, 7) is 4.69. The highest BCUT2D eigenvalue weighted by Crippen LogP contribution is 2.38. The summed E-state index contributed by atoms with van der Waals surface area (Å²) in [6.07, 6.45) is 6.62. The molecule has 2 saturated heterocycles. The number of ether oxygens (including phenoxy) is 1. The lowest BCUT2D eigenvalue weighted by Gasteiger charge is -2.42. The smallest absolute Gasteiger partial charge is 0.321 e. The van der Waals surface area contributed by atoms with Crippen LogP contribution in [-0.4, -0.2) is 117 Å². The van der Waals surface area contributed by atoms with Gasteiger partial charge in [0, 0.05) is 62.4 Å². The van der Waals surface area contributed by atoms with E-state index in [-0.39, 0.29) is 42.9 Å². The fourth-order valence-corrected chi connectivity index (χ4v) is 6.48. The number of aliphatic hydroxyl groups excluding tert-OH is 1. The van der Waals surface area contributed by atoms with Gasteiger partial charge in [-0.25, -0.2) is 4.52 Å². The molecule has 0 unspecified atom stereocenters. The van der Waals surface area contributed by atoms with Crippen LogP contribution in [0.1, 0.15) is 24.8 Å². The second-order valence-corrected chi connectivity index (χ2v) is 12.4. The van der Waals surface area contributed by atoms with Crippen LogP contribution >= 0.6 is 11.6 Å². The van der Waals surface area contributed by atoms with Crippen molar-refractivity contribution in [2.45, 2.75) is 31.2 Å². The van der Waals surface area contributed by atoms with E-state index in [0.29, 0.717) is 68.6 Å². The van der Waals surface area contributed by atoms with Crippen LogP contribution in [0, 0.1) is 0 Å². The molecule has 0 atom stereocenters. The van der Waals surface area contributed by atoms with Crippen molar-refractivity contribution in [1.82, 2.24) is 34.2 Å². The van der Waals surface area contributed by atoms with E-state index in [1.54, 1.807) is 21.8 Å². The largest absolute Gasteiger partial charge is 0.469 e. The van der Waals surface area contributed by atoms with Crippen molar-refractivity contribution in [1.29, 1.82) is 0 Å². The number of esters is 1. The molecule has 2 aliphatic rings. The fourth-order valence-electron chi connectivity index (χ4n) is 6.35. The van der Waals surface area contributed by atoms with Crippen molar-refractivity contribution < 1.29 is 29.1 Å². The molecular formula is C32H38ClN9O6. The van der Waals surface area contributed by atoms with Crippen molar-refractivity contribution in [3.8, 4) is 0 Å². The van der Waals surface area contributed by atoms with E-state index >= 15 is 0 Å². The van der Waals surface area contributed by atoms with Crippen LogP contribution in [0.5, 0.6) is 0 Å². The summed E-state index contributed by atoms with van der Waals surface area (Å²) >= 11 is 6.10. The number of halogens is 1. The van der Waals surface area contributed by atoms with Gasteiger partial charge in [0.05, 0.1) is 38.2 Å². The van der Waals surface area contributed by atoms with E-state index in [1.165, 1.54) is 23.1 Å². The van der Waals surface area contributed by atoms with E-state index < -0.39 is 0 Å². The molecule has 0 saturated carbocycles. The number of carbonyl (C=O) groups is 3. The van der Waals surface area contributed by atoms with Gasteiger partial charge >= 0.3 is 12.4 Å². The lowest BCUT2D eigenvalue weighted by atomic mass is 9.73. The van der Waals surface area contributed by atoms with Crippen molar-refractivity contribution in [2.24, 2.45) is 0 Å². The average molecular weight is 680 g/mol. The van der Waals surface area contributed by atoms with Gasteiger partial charge in [-0.1, -0.05) is 23.7 Å². The monoisotopic (exact) mass is 679 g/mol. The minimum absolute atomic E-state index is 0.000143. The highest BCUT2D eigenvalue weighted by molar-refractivity contribution is 6.30. The SMILES string of the molecule is COC(=O)CCN1CCN(C(=O)Cn2cc(N(OC=O)c3nc4c(N5CCC(CO)(c6ccc(Cl)cc6)CC5)cccn4n3)cn2)CC1. The Kier molecular flexibility index (Phi) is 10.1. The number of benzene rings is 1. The third-order valence-corrected chi connectivity index (χ3v) is 9.47. The van der Waals surface area contributed by atoms with Gasteiger partial charge in [-0.15, -0.1) is 10.2 Å². The molecule has 1 amide bonds. The molecule has 3 aromatic heterocycles. The summed E-state index contributed by atoms with van der Waals surface area (Å²) in [6, 6.07) is 11.5. The molecule has 1 N–H and O–H groups in total. The fraction of sp³-hybridized carbons (Fsp3) is 0.438. The van der Waals surface area contributed by atoms with E-state index in [2.05, 4.69) is 20.0 Å². The number of nitrogens with zero attached hydrogens (tertiary/aromatic N) is 9. The topological polar surface area (TPSA) is 151 Å². The summed E-state index contributed by atoms with van der Waals surface area (Å²) in [5, 5.41) is 21.1. The first-order valence-corrected chi connectivity index (χ1v) is 16.2. The zero-order chi connectivity index (χ0) is 33.7. The molecule has 2 aliphatic heterocycles. The Labute approximate surface area is 282 Å². The number of pyridine rings is 1. The Morgan fingerprint density at radius 2 is 1.83 bits per heavy atom. The Morgan fingerprint density at radius 1 is 1.08 bits per heavy atom. The van der Waals surface area contributed by atoms with Gasteiger partial charge in [0.15, 0.2) is 5.65 Å². The number of piperazine rings is 1. The Balaban J connectivity index is 1.12. The standard InChI is InChI=1S/C32H38ClN9O6/c1-47-29(46)8-12-37-15-17-39(18-16-37)28(45)21-40-20-26(19-34-40)42(48-23-44)31-35-30-27(3-2-11-41(30)36-31)38-13-9-32(22-43,10-14-38)24-4-6-25(33)7-5-24/h2-7,11,19-20,23,43H,8-10,12-18,21-22H2,1H3. The van der Waals surface area contributed by atoms with Crippen LogP contribution in [0.2, 0.25) is 5.02 Å². The van der Waals surface area contributed by atoms with Gasteiger partial charge < -0.3 is 24.5 Å². The Hall–Kier alpha value is -4.73. The molecule has 0 aliphatic carbocycles. The second-order valence-electron chi connectivity index (χ2n) is 11.9. The maximum absolute atomic E-state index is 13.0. The van der Waals surface area contributed by atoms with Crippen LogP contribution in [-0.2, 0) is 35.9 Å². The lowest BCUT2D eigenvalue weighted by Crippen LogP contribution is -2.49. The minimum Gasteiger partial charge on any atom is -0.469 e. The number of methoxy groups -OCH3 is 1. The first-order valence-electron chi connectivity index (χ1n) is 15.8. The summed E-state index contributed by atoms with van der Waals surface area (Å²) in [5.74, 6) is -0.234. The molecule has 0 spiro atoms. The maximum Gasteiger partial charge on any atom is 0.321 e. The minimum atomic E-state index is -0.360. The normalized spacial score (nSPS) is 16.6. The number of anilines is 3. The van der Waals surface area contributed by atoms with Gasteiger partial charge in [-0.3, -0.25) is 24.0 Å². The molecule has 6 rings (SSSR count). The molecule has 2 fully saturated rings. The number of aliphatic hydroxyl groups is 1. The second kappa shape index (κ2) is 14.6. The zero-order valence-corrected chi connectivity index (χ0v) is 27.4. The van der Waals surface area contributed by atoms with Gasteiger partial charge in [0.25, 0.3) is 5.95 Å². The van der Waals surface area contributed by atoms with Gasteiger partial charge in [-0.2, -0.15) is 10.1 Å². The number of amides is 1. The first kappa shape index (κ1) is 33.2. The molecular weight excluding hydrogens is 642 g/mol. The van der Waals surface area contributed by atoms with E-state index in [0.717, 1.165) is 24.1 Å². The van der Waals surface area contributed by atoms with Crippen LogP contribution in [0.25, 0.3) is 5.65 Å². The zero-order valence-electron chi connectivity index (χ0n) is 26.7. The van der Waals surface area contributed by atoms with Crippen LogP contribution in [0.3, 0.4) is 0 Å². The predicted molar refractivity (Wildman–Crippen MR) is 176 cm³/mol. The Morgan fingerprint density at radius 3 is 2.52 bits per heavy atom. The predicted octanol–water partition coefficient (Wildman–Crippen LogP) is 2.04. The summed E-state index contributed by atoms with van der Waals surface area (Å²) in [4.78, 5) is 52.2. The quantitative estimate of drug-likeness (QED) is 0.133. The number of fused-ring (bicyclic) bond motifs is 1. The van der Waals surface area contributed by atoms with Gasteiger partial charge in [0.1, 0.15) is 12.2 Å². The number of piperidine rings is 1. The summed E-state index contributed by atoms with van der Waals surface area (Å²) < 4.78 is 7.81. The van der Waals surface area contributed by atoms with Crippen molar-refractivity contribution in [3.63, 3.8) is 0 Å². The molecule has 5 heterocycles. The average Bonchev–Trinajstić information content (AvgIpc) is 3.77. The van der Waals surface area contributed by atoms with Crippen molar-refractivity contribution in [2.75, 3.05) is 69.5 Å². The van der Waals surface area contributed by atoms with Crippen LogP contribution in [0.15, 0.2) is 55.0 Å².